The fourth-order valence-corrected chi connectivity index (χ4v) is 5.89. The molecule has 0 radical (unpaired) electrons. The Kier molecular flexibility index (Phi) is 9.22. The first kappa shape index (κ1) is 28.0. The minimum Gasteiger partial charge on any atom is -0.361 e. The van der Waals surface area contributed by atoms with Gasteiger partial charge < -0.3 is 19.7 Å². The smallest absolute Gasteiger partial charge is 0.167 e. The van der Waals surface area contributed by atoms with Crippen molar-refractivity contribution in [3.05, 3.63) is 30.2 Å². The van der Waals surface area contributed by atoms with Crippen LogP contribution in [0.2, 0.25) is 51.4 Å². The van der Waals surface area contributed by atoms with Crippen LogP contribution in [0.25, 0.3) is 16.9 Å². The number of H-pyrrole nitrogens is 1. The highest BCUT2D eigenvalue weighted by molar-refractivity contribution is 6.76. The van der Waals surface area contributed by atoms with Crippen molar-refractivity contribution < 1.29 is 9.47 Å². The molecule has 1 unspecified atom stereocenters. The second-order valence-electron chi connectivity index (χ2n) is 12.6. The molecule has 9 nitrogen and oxygen atoms in total. The zero-order chi connectivity index (χ0) is 26.5. The molecule has 0 amide bonds. The van der Waals surface area contributed by atoms with Gasteiger partial charge in [0.15, 0.2) is 5.65 Å². The molecule has 1 saturated heterocycles. The van der Waals surface area contributed by atoms with E-state index in [1.165, 1.54) is 0 Å². The van der Waals surface area contributed by atoms with Crippen LogP contribution >= 0.6 is 0 Å². The van der Waals surface area contributed by atoms with Crippen molar-refractivity contribution in [2.45, 2.75) is 70.1 Å². The molecule has 2 N–H and O–H groups in total. The summed E-state index contributed by atoms with van der Waals surface area (Å²) in [5.41, 5.74) is 3.78. The van der Waals surface area contributed by atoms with E-state index < -0.39 is 16.1 Å². The number of piperidine rings is 1. The number of rotatable bonds is 13. The minimum atomic E-state index is -1.18. The third-order valence-corrected chi connectivity index (χ3v) is 10.2. The van der Waals surface area contributed by atoms with Crippen LogP contribution in [0.1, 0.15) is 24.5 Å². The van der Waals surface area contributed by atoms with Gasteiger partial charge in [-0.3, -0.25) is 5.10 Å². The molecule has 0 spiro atoms. The van der Waals surface area contributed by atoms with Crippen LogP contribution in [0.3, 0.4) is 0 Å². The van der Waals surface area contributed by atoms with Gasteiger partial charge in [0.1, 0.15) is 19.3 Å². The predicted octanol–water partition coefficient (Wildman–Crippen LogP) is 5.02. The van der Waals surface area contributed by atoms with Crippen molar-refractivity contribution >= 4 is 27.6 Å². The number of aromatic amines is 1. The van der Waals surface area contributed by atoms with Gasteiger partial charge in [0.25, 0.3) is 0 Å². The molecule has 0 aliphatic carbocycles. The number of ether oxygens (including phenoxy) is 2. The number of hydrogen-bond donors (Lipinski definition) is 2. The van der Waals surface area contributed by atoms with Gasteiger partial charge in [0.05, 0.1) is 23.1 Å². The summed E-state index contributed by atoms with van der Waals surface area (Å²) in [6.07, 6.45) is 5.92. The second kappa shape index (κ2) is 12.2. The van der Waals surface area contributed by atoms with E-state index in [0.717, 1.165) is 79.6 Å². The Bertz CT molecular complexity index is 1090. The Morgan fingerprint density at radius 1 is 1.05 bits per heavy atom. The zero-order valence-corrected chi connectivity index (χ0v) is 25.5. The molecular weight excluding hydrogens is 499 g/mol. The molecular formula is C26H45N7O2Si2. The van der Waals surface area contributed by atoms with Crippen LogP contribution in [-0.4, -0.2) is 80.7 Å². The van der Waals surface area contributed by atoms with Gasteiger partial charge in [-0.2, -0.15) is 14.7 Å². The van der Waals surface area contributed by atoms with Crippen molar-refractivity contribution in [3.63, 3.8) is 0 Å². The fraction of sp³-hybridized carbons (Fsp3) is 0.654. The van der Waals surface area contributed by atoms with Crippen LogP contribution in [0.5, 0.6) is 0 Å². The molecule has 0 bridgehead atoms. The molecule has 1 aliphatic rings. The highest BCUT2D eigenvalue weighted by Crippen LogP contribution is 2.30. The first-order valence-corrected chi connectivity index (χ1v) is 21.0. The van der Waals surface area contributed by atoms with E-state index in [1.807, 2.05) is 16.8 Å². The van der Waals surface area contributed by atoms with Crippen molar-refractivity contribution in [1.29, 1.82) is 0 Å². The van der Waals surface area contributed by atoms with Crippen LogP contribution in [0.15, 0.2) is 24.5 Å². The maximum Gasteiger partial charge on any atom is 0.167 e. The summed E-state index contributed by atoms with van der Waals surface area (Å²) >= 11 is 0. The van der Waals surface area contributed by atoms with Gasteiger partial charge in [0, 0.05) is 54.1 Å². The van der Waals surface area contributed by atoms with E-state index in [1.54, 1.807) is 6.20 Å². The number of anilines is 1. The van der Waals surface area contributed by atoms with Gasteiger partial charge >= 0.3 is 0 Å². The summed E-state index contributed by atoms with van der Waals surface area (Å²) in [7, 11) is -2.35. The third kappa shape index (κ3) is 7.96. The Morgan fingerprint density at radius 3 is 2.32 bits per heavy atom. The molecule has 11 heteroatoms. The fourth-order valence-electron chi connectivity index (χ4n) is 4.38. The number of nitrogens with zero attached hydrogens (tertiary/aromatic N) is 5. The summed E-state index contributed by atoms with van der Waals surface area (Å²) in [5, 5.41) is 15.5. The largest absolute Gasteiger partial charge is 0.361 e. The first-order chi connectivity index (χ1) is 17.6. The highest BCUT2D eigenvalue weighted by Gasteiger charge is 2.24. The molecule has 204 valence electrons. The molecule has 37 heavy (non-hydrogen) atoms. The van der Waals surface area contributed by atoms with Crippen molar-refractivity contribution in [1.82, 2.24) is 30.1 Å². The predicted molar refractivity (Wildman–Crippen MR) is 156 cm³/mol. The van der Waals surface area contributed by atoms with Gasteiger partial charge in [-0.05, 0) is 37.5 Å². The van der Waals surface area contributed by atoms with Crippen molar-refractivity contribution in [2.75, 3.05) is 44.7 Å². The Hall–Kier alpha value is -2.06. The lowest BCUT2D eigenvalue weighted by atomic mass is 9.96. The Morgan fingerprint density at radius 2 is 1.76 bits per heavy atom. The van der Waals surface area contributed by atoms with E-state index in [0.29, 0.717) is 19.4 Å². The molecule has 0 aromatic carbocycles. The van der Waals surface area contributed by atoms with Gasteiger partial charge in [-0.15, -0.1) is 0 Å². The lowest BCUT2D eigenvalue weighted by Gasteiger charge is -2.28. The van der Waals surface area contributed by atoms with Gasteiger partial charge in [-0.25, -0.2) is 4.98 Å². The molecule has 0 saturated carbocycles. The average Bonchev–Trinajstić information content (AvgIpc) is 3.51. The lowest BCUT2D eigenvalue weighted by Crippen LogP contribution is -2.34. The summed E-state index contributed by atoms with van der Waals surface area (Å²) in [6.45, 7) is 18.7. The van der Waals surface area contributed by atoms with Gasteiger partial charge in [0.2, 0.25) is 0 Å². The zero-order valence-electron chi connectivity index (χ0n) is 23.5. The average molecular weight is 544 g/mol. The molecule has 4 heterocycles. The van der Waals surface area contributed by atoms with Crippen molar-refractivity contribution in [3.8, 4) is 11.3 Å². The quantitative estimate of drug-likeness (QED) is 0.178. The maximum absolute atomic E-state index is 6.24. The Labute approximate surface area is 223 Å². The summed E-state index contributed by atoms with van der Waals surface area (Å²) in [5.74, 6) is 1.32. The van der Waals surface area contributed by atoms with Crippen LogP contribution < -0.4 is 10.2 Å². The molecule has 4 rings (SSSR count). The van der Waals surface area contributed by atoms with Crippen LogP contribution in [0, 0.1) is 0 Å². The van der Waals surface area contributed by atoms with E-state index in [9.17, 15) is 0 Å². The monoisotopic (exact) mass is 543 g/mol. The number of aromatic nitrogens is 5. The van der Waals surface area contributed by atoms with E-state index in [2.05, 4.69) is 65.8 Å². The third-order valence-electron chi connectivity index (χ3n) is 6.79. The van der Waals surface area contributed by atoms with Crippen LogP contribution in [-0.2, 0) is 9.47 Å². The summed E-state index contributed by atoms with van der Waals surface area (Å²) in [4.78, 5) is 7.30. The normalized spacial score (nSPS) is 17.0. The maximum atomic E-state index is 6.24. The molecule has 1 aliphatic heterocycles. The lowest BCUT2D eigenvalue weighted by molar-refractivity contribution is 0.0942. The van der Waals surface area contributed by atoms with E-state index >= 15 is 0 Å². The van der Waals surface area contributed by atoms with E-state index in [4.69, 9.17) is 19.6 Å². The molecule has 1 fully saturated rings. The Balaban J connectivity index is 1.66. The SMILES string of the molecule is C[Si](C)(C)CCOCN(COCC[Si](C)(C)C)c1cc(C2CCCNC2)nc2c(-c3ccn[nH]3)cnn12. The number of fused-ring (bicyclic) bond motifs is 1. The second-order valence-corrected chi connectivity index (χ2v) is 23.8. The highest BCUT2D eigenvalue weighted by atomic mass is 28.3. The molecule has 3 aromatic rings. The molecule has 3 aromatic heterocycles. The number of nitrogens with one attached hydrogen (secondary N) is 2. The van der Waals surface area contributed by atoms with Gasteiger partial charge in [-0.1, -0.05) is 39.3 Å². The standard InChI is InChI=1S/C26H45N7O2Si2/c1-36(2,3)14-12-34-19-32(20-35-13-15-37(4,5)6)25-16-24(21-8-7-10-27-17-21)30-26-22(18-29-33(25)26)23-9-11-28-31-23/h9,11,16,18,21,27H,7-8,10,12-15,17,19-20H2,1-6H3,(H,28,31). The first-order valence-electron chi connectivity index (χ1n) is 13.6. The van der Waals surface area contributed by atoms with Crippen LogP contribution in [0.4, 0.5) is 5.82 Å². The summed E-state index contributed by atoms with van der Waals surface area (Å²) < 4.78 is 14.4. The topological polar surface area (TPSA) is 92.6 Å². The summed E-state index contributed by atoms with van der Waals surface area (Å²) in [6, 6.07) is 6.42. The molecule has 1 atom stereocenters. The number of hydrogen-bond acceptors (Lipinski definition) is 7. The van der Waals surface area contributed by atoms with E-state index in [-0.39, 0.29) is 0 Å². The van der Waals surface area contributed by atoms with Crippen molar-refractivity contribution in [2.24, 2.45) is 0 Å². The minimum absolute atomic E-state index is 0.365.